The Morgan fingerprint density at radius 1 is 1.09 bits per heavy atom. The number of alkyl halides is 3. The highest BCUT2D eigenvalue weighted by atomic mass is 32.2. The monoisotopic (exact) mass is 474 g/mol. The number of nitrogens with zero attached hydrogens (tertiary/aromatic N) is 2. The number of amides is 3. The number of methoxy groups -OCH3 is 1. The molecule has 0 radical (unpaired) electrons. The summed E-state index contributed by atoms with van der Waals surface area (Å²) in [5.74, 6) is 0.127. The zero-order valence-corrected chi connectivity index (χ0v) is 19.3. The number of halogens is 3. The van der Waals surface area contributed by atoms with Gasteiger partial charge in [0.2, 0.25) is 5.76 Å². The van der Waals surface area contributed by atoms with Crippen LogP contribution in [0, 0.1) is 6.92 Å². The second-order valence-electron chi connectivity index (χ2n) is 6.19. The van der Waals surface area contributed by atoms with Crippen LogP contribution in [0.25, 0.3) is 0 Å². The zero-order valence-electron chi connectivity index (χ0n) is 18.5. The summed E-state index contributed by atoms with van der Waals surface area (Å²) >= 11 is -0.244. The lowest BCUT2D eigenvalue weighted by Crippen LogP contribution is -2.31. The number of hydrogen-bond acceptors (Lipinski definition) is 6. The highest BCUT2D eigenvalue weighted by Crippen LogP contribution is 2.37. The zero-order chi connectivity index (χ0) is 24.6. The number of furan rings is 1. The van der Waals surface area contributed by atoms with Gasteiger partial charge in [0.05, 0.1) is 12.8 Å². The molecule has 1 aliphatic heterocycles. The highest BCUT2D eigenvalue weighted by Gasteiger charge is 2.41. The molecule has 3 rings (SSSR count). The first-order valence-corrected chi connectivity index (χ1v) is 10.4. The Morgan fingerprint density at radius 3 is 2.03 bits per heavy atom. The van der Waals surface area contributed by atoms with E-state index in [1.807, 2.05) is 13.8 Å². The van der Waals surface area contributed by atoms with E-state index in [9.17, 15) is 27.6 Å². The average molecular weight is 475 g/mol. The van der Waals surface area contributed by atoms with Crippen molar-refractivity contribution in [3.8, 4) is 0 Å². The van der Waals surface area contributed by atoms with E-state index in [0.29, 0.717) is 5.76 Å². The fourth-order valence-corrected chi connectivity index (χ4v) is 2.99. The van der Waals surface area contributed by atoms with E-state index in [0.717, 1.165) is 4.90 Å². The smallest absolute Gasteiger partial charge is 0.446 e. The quantitative estimate of drug-likeness (QED) is 0.333. The molecule has 1 saturated heterocycles. The predicted octanol–water partition coefficient (Wildman–Crippen LogP) is 5.49. The number of urea groups is 1. The van der Waals surface area contributed by atoms with E-state index in [-0.39, 0.29) is 28.1 Å². The maximum Gasteiger partial charge on any atom is 0.446 e. The van der Waals surface area contributed by atoms with E-state index < -0.39 is 29.5 Å². The Bertz CT molecular complexity index is 908. The number of carbonyl (C=O) groups is 3. The van der Waals surface area contributed by atoms with E-state index in [2.05, 4.69) is 4.74 Å². The number of anilines is 1. The molecule has 0 spiro atoms. The molecule has 1 fully saturated rings. The van der Waals surface area contributed by atoms with Gasteiger partial charge in [-0.3, -0.25) is 4.79 Å². The number of esters is 1. The molecule has 0 aliphatic carbocycles. The first-order chi connectivity index (χ1) is 14.9. The largest absolute Gasteiger partial charge is 0.463 e. The number of hydrogen-bond donors (Lipinski definition) is 0. The summed E-state index contributed by atoms with van der Waals surface area (Å²) in [6.07, 6.45) is 0. The predicted molar refractivity (Wildman–Crippen MR) is 115 cm³/mol. The van der Waals surface area contributed by atoms with Crippen molar-refractivity contribution in [2.45, 2.75) is 44.1 Å². The van der Waals surface area contributed by atoms with Crippen molar-refractivity contribution in [2.24, 2.45) is 0 Å². The first-order valence-electron chi connectivity index (χ1n) is 9.56. The third-order valence-corrected chi connectivity index (χ3v) is 4.85. The molecule has 1 aromatic heterocycles. The summed E-state index contributed by atoms with van der Waals surface area (Å²) in [5.41, 5.74) is -4.10. The fourth-order valence-electron chi connectivity index (χ4n) is 2.45. The van der Waals surface area contributed by atoms with Gasteiger partial charge in [-0.15, -0.1) is 0 Å². The van der Waals surface area contributed by atoms with Crippen LogP contribution in [-0.2, 0) is 9.53 Å². The lowest BCUT2D eigenvalue weighted by atomic mass is 10.2. The van der Waals surface area contributed by atoms with E-state index in [1.54, 1.807) is 26.0 Å². The minimum atomic E-state index is -4.37. The standard InChI is InChI=1S/C12H11F3N2O2S.C7H8O3.C2H6/c1-7-10(18)17(11(19)16(7)2)8-3-5-9(6-4-8)20-12(13,14)15;1-5-3-4-6(10-5)7(8)9-2;1-2/h3-7H,1-2H3;3-4H,1-2H3;1-2H3. The summed E-state index contributed by atoms with van der Waals surface area (Å²) < 4.78 is 46.0. The summed E-state index contributed by atoms with van der Waals surface area (Å²) in [4.78, 5) is 36.8. The van der Waals surface area contributed by atoms with E-state index in [4.69, 9.17) is 4.42 Å². The van der Waals surface area contributed by atoms with Gasteiger partial charge in [-0.05, 0) is 62.0 Å². The summed E-state index contributed by atoms with van der Waals surface area (Å²) in [6, 6.07) is 7.36. The molecule has 176 valence electrons. The van der Waals surface area contributed by atoms with Crippen LogP contribution in [0.5, 0.6) is 0 Å². The van der Waals surface area contributed by atoms with Crippen molar-refractivity contribution in [1.29, 1.82) is 0 Å². The average Bonchev–Trinajstić information content (AvgIpc) is 3.27. The molecule has 2 heterocycles. The number of thioether (sulfide) groups is 1. The van der Waals surface area contributed by atoms with Crippen molar-refractivity contribution in [3.63, 3.8) is 0 Å². The normalized spacial score (nSPS) is 15.6. The number of likely N-dealkylation sites (N-methyl/N-ethyl adjacent to an activating group) is 1. The van der Waals surface area contributed by atoms with E-state index in [1.165, 1.54) is 43.3 Å². The Kier molecular flexibility index (Phi) is 9.82. The lowest BCUT2D eigenvalue weighted by molar-refractivity contribution is -0.119. The summed E-state index contributed by atoms with van der Waals surface area (Å²) in [6.45, 7) is 7.36. The van der Waals surface area contributed by atoms with Gasteiger partial charge in [0.1, 0.15) is 11.8 Å². The highest BCUT2D eigenvalue weighted by molar-refractivity contribution is 8.00. The molecule has 32 heavy (non-hydrogen) atoms. The molecular formula is C21H25F3N2O5S. The van der Waals surface area contributed by atoms with Crippen molar-refractivity contribution in [3.05, 3.63) is 47.9 Å². The van der Waals surface area contributed by atoms with Crippen molar-refractivity contribution in [2.75, 3.05) is 19.1 Å². The van der Waals surface area contributed by atoms with Gasteiger partial charge in [-0.1, -0.05) is 13.8 Å². The maximum absolute atomic E-state index is 12.2. The molecule has 2 aromatic rings. The van der Waals surface area contributed by atoms with Crippen molar-refractivity contribution < 1.29 is 36.7 Å². The fraction of sp³-hybridized carbons (Fsp3) is 0.381. The van der Waals surface area contributed by atoms with Gasteiger partial charge >= 0.3 is 17.5 Å². The molecule has 1 atom stereocenters. The molecule has 11 heteroatoms. The number of ether oxygens (including phenoxy) is 1. The van der Waals surface area contributed by atoms with Gasteiger partial charge in [-0.25, -0.2) is 14.5 Å². The van der Waals surface area contributed by atoms with Crippen LogP contribution in [-0.4, -0.2) is 48.5 Å². The van der Waals surface area contributed by atoms with Crippen LogP contribution < -0.4 is 4.90 Å². The van der Waals surface area contributed by atoms with Crippen LogP contribution >= 0.6 is 11.8 Å². The van der Waals surface area contributed by atoms with Crippen molar-refractivity contribution >= 4 is 35.4 Å². The van der Waals surface area contributed by atoms with Crippen LogP contribution in [0.1, 0.15) is 37.1 Å². The van der Waals surface area contributed by atoms with Gasteiger partial charge in [0.25, 0.3) is 5.91 Å². The first kappa shape index (κ1) is 27.1. The van der Waals surface area contributed by atoms with Gasteiger partial charge in [0.15, 0.2) is 0 Å². The molecule has 1 aromatic carbocycles. The Labute approximate surface area is 188 Å². The second-order valence-corrected chi connectivity index (χ2v) is 7.33. The van der Waals surface area contributed by atoms with Crippen LogP contribution in [0.15, 0.2) is 45.7 Å². The van der Waals surface area contributed by atoms with Gasteiger partial charge < -0.3 is 14.1 Å². The Morgan fingerprint density at radius 2 is 1.66 bits per heavy atom. The molecule has 0 saturated carbocycles. The summed E-state index contributed by atoms with van der Waals surface area (Å²) in [7, 11) is 2.82. The lowest BCUT2D eigenvalue weighted by Gasteiger charge is -2.14. The number of benzene rings is 1. The van der Waals surface area contributed by atoms with Crippen LogP contribution in [0.3, 0.4) is 0 Å². The minimum absolute atomic E-state index is 0.00162. The minimum Gasteiger partial charge on any atom is -0.463 e. The molecule has 0 N–H and O–H groups in total. The number of carbonyl (C=O) groups excluding carboxylic acids is 3. The van der Waals surface area contributed by atoms with Crippen LogP contribution in [0.2, 0.25) is 0 Å². The third kappa shape index (κ3) is 7.04. The molecule has 7 nitrogen and oxygen atoms in total. The number of rotatable bonds is 3. The number of imide groups is 1. The van der Waals surface area contributed by atoms with Gasteiger partial charge in [0, 0.05) is 11.9 Å². The SMILES string of the molecule is CC.CC1C(=O)N(c2ccc(SC(F)(F)F)cc2)C(=O)N1C.COC(=O)c1ccc(C)o1. The Hall–Kier alpha value is -2.95. The second kappa shape index (κ2) is 11.6. The van der Waals surface area contributed by atoms with Crippen molar-refractivity contribution in [1.82, 2.24) is 4.90 Å². The molecule has 1 aliphatic rings. The van der Waals surface area contributed by atoms with E-state index >= 15 is 0 Å². The topological polar surface area (TPSA) is 80.1 Å². The van der Waals surface area contributed by atoms with Crippen LogP contribution in [0.4, 0.5) is 23.7 Å². The molecule has 1 unspecified atom stereocenters. The molecule has 0 bridgehead atoms. The third-order valence-electron chi connectivity index (χ3n) is 4.11. The Balaban J connectivity index is 0.000000358. The maximum atomic E-state index is 12.2. The van der Waals surface area contributed by atoms with Gasteiger partial charge in [-0.2, -0.15) is 13.2 Å². The summed E-state index contributed by atoms with van der Waals surface area (Å²) in [5, 5.41) is 0. The molecular weight excluding hydrogens is 449 g/mol. The molecule has 3 amide bonds. The number of aryl methyl sites for hydroxylation is 1.